The van der Waals surface area contributed by atoms with Crippen LogP contribution >= 0.6 is 0 Å². The van der Waals surface area contributed by atoms with E-state index in [0.717, 1.165) is 12.7 Å². The molecular weight excluding hydrogens is 152 g/mol. The summed E-state index contributed by atoms with van der Waals surface area (Å²) in [5, 5.41) is 0. The van der Waals surface area contributed by atoms with E-state index in [-0.39, 0.29) is 6.10 Å². The average Bonchev–Trinajstić information content (AvgIpc) is 2.06. The van der Waals surface area contributed by atoms with Crippen LogP contribution < -0.4 is 0 Å². The molecular formula is C10H16O2. The summed E-state index contributed by atoms with van der Waals surface area (Å²) in [5.74, 6) is 0. The van der Waals surface area contributed by atoms with Gasteiger partial charge in [0.15, 0.2) is 0 Å². The summed E-state index contributed by atoms with van der Waals surface area (Å²) in [6.45, 7) is 4.61. The van der Waals surface area contributed by atoms with Crippen LogP contribution in [0.5, 0.6) is 0 Å². The van der Waals surface area contributed by atoms with E-state index in [0.29, 0.717) is 6.61 Å². The van der Waals surface area contributed by atoms with Crippen molar-refractivity contribution in [2.24, 2.45) is 0 Å². The van der Waals surface area contributed by atoms with Gasteiger partial charge in [-0.25, -0.2) is 0 Å². The predicted molar refractivity (Wildman–Crippen MR) is 50.0 cm³/mol. The smallest absolute Gasteiger partial charge is 0.142 e. The quantitative estimate of drug-likeness (QED) is 0.345. The summed E-state index contributed by atoms with van der Waals surface area (Å²) in [5.41, 5.74) is 0. The Kier molecular flexibility index (Phi) is 7.60. The van der Waals surface area contributed by atoms with Gasteiger partial charge in [-0.15, -0.1) is 0 Å². The maximum Gasteiger partial charge on any atom is 0.142 e. The molecule has 0 fully saturated rings. The maximum absolute atomic E-state index is 9.96. The Bertz CT molecular complexity index is 159. The zero-order valence-electron chi connectivity index (χ0n) is 7.69. The molecule has 12 heavy (non-hydrogen) atoms. The van der Waals surface area contributed by atoms with E-state index in [1.807, 2.05) is 32.1 Å². The van der Waals surface area contributed by atoms with Crippen molar-refractivity contribution < 1.29 is 9.53 Å². The molecule has 2 nitrogen and oxygen atoms in total. The van der Waals surface area contributed by atoms with Crippen LogP contribution in [-0.2, 0) is 9.53 Å². The first-order chi connectivity index (χ1) is 5.85. The van der Waals surface area contributed by atoms with Crippen LogP contribution in [0, 0.1) is 0 Å². The molecule has 0 heterocycles. The lowest BCUT2D eigenvalue weighted by Gasteiger charge is -2.09. The molecule has 0 bridgehead atoms. The SMILES string of the molecule is C/C=C/C(C/C=C/C=O)OCC. The molecule has 0 aliphatic carbocycles. The molecule has 1 atom stereocenters. The van der Waals surface area contributed by atoms with E-state index in [2.05, 4.69) is 0 Å². The highest BCUT2D eigenvalue weighted by molar-refractivity contribution is 5.64. The fourth-order valence-electron chi connectivity index (χ4n) is 0.899. The van der Waals surface area contributed by atoms with Crippen molar-refractivity contribution in [3.63, 3.8) is 0 Å². The van der Waals surface area contributed by atoms with Gasteiger partial charge in [0.1, 0.15) is 6.29 Å². The van der Waals surface area contributed by atoms with Gasteiger partial charge < -0.3 is 4.74 Å². The summed E-state index contributed by atoms with van der Waals surface area (Å²) in [6, 6.07) is 0. The molecule has 0 rings (SSSR count). The molecule has 1 unspecified atom stereocenters. The van der Waals surface area contributed by atoms with Crippen LogP contribution in [-0.4, -0.2) is 19.0 Å². The summed E-state index contributed by atoms with van der Waals surface area (Å²) in [6.07, 6.45) is 8.89. The summed E-state index contributed by atoms with van der Waals surface area (Å²) < 4.78 is 5.37. The molecule has 0 aliphatic rings. The third-order valence-electron chi connectivity index (χ3n) is 1.37. The Morgan fingerprint density at radius 3 is 2.75 bits per heavy atom. The lowest BCUT2D eigenvalue weighted by atomic mass is 10.2. The molecule has 0 aliphatic heterocycles. The second kappa shape index (κ2) is 8.21. The van der Waals surface area contributed by atoms with Crippen molar-refractivity contribution in [1.29, 1.82) is 0 Å². The number of carbonyl (C=O) groups is 1. The van der Waals surface area contributed by atoms with Gasteiger partial charge in [0, 0.05) is 6.61 Å². The minimum atomic E-state index is 0.108. The zero-order valence-corrected chi connectivity index (χ0v) is 7.69. The van der Waals surface area contributed by atoms with E-state index >= 15 is 0 Å². The first-order valence-electron chi connectivity index (χ1n) is 4.19. The minimum Gasteiger partial charge on any atom is -0.374 e. The Balaban J connectivity index is 3.77. The number of hydrogen-bond acceptors (Lipinski definition) is 2. The summed E-state index contributed by atoms with van der Waals surface area (Å²) >= 11 is 0. The third-order valence-corrected chi connectivity index (χ3v) is 1.37. The van der Waals surface area contributed by atoms with Crippen LogP contribution in [0.15, 0.2) is 24.3 Å². The molecule has 0 N–H and O–H groups in total. The van der Waals surface area contributed by atoms with E-state index in [4.69, 9.17) is 4.74 Å². The topological polar surface area (TPSA) is 26.3 Å². The lowest BCUT2D eigenvalue weighted by Crippen LogP contribution is -2.07. The number of allylic oxidation sites excluding steroid dienone is 2. The first kappa shape index (κ1) is 11.1. The molecule has 0 radical (unpaired) electrons. The van der Waals surface area contributed by atoms with Crippen LogP contribution in [0.3, 0.4) is 0 Å². The van der Waals surface area contributed by atoms with Crippen molar-refractivity contribution in [2.75, 3.05) is 6.61 Å². The fraction of sp³-hybridized carbons (Fsp3) is 0.500. The van der Waals surface area contributed by atoms with Crippen molar-refractivity contribution in [2.45, 2.75) is 26.4 Å². The molecule has 2 heteroatoms. The highest BCUT2D eigenvalue weighted by atomic mass is 16.5. The van der Waals surface area contributed by atoms with Gasteiger partial charge in [0.2, 0.25) is 0 Å². The number of ether oxygens (including phenoxy) is 1. The monoisotopic (exact) mass is 168 g/mol. The number of carbonyl (C=O) groups excluding carboxylic acids is 1. The number of hydrogen-bond donors (Lipinski definition) is 0. The molecule has 0 saturated carbocycles. The molecule has 0 aromatic carbocycles. The van der Waals surface area contributed by atoms with Gasteiger partial charge in [0.05, 0.1) is 6.10 Å². The average molecular weight is 168 g/mol. The zero-order chi connectivity index (χ0) is 9.23. The van der Waals surface area contributed by atoms with Crippen LogP contribution in [0.25, 0.3) is 0 Å². The van der Waals surface area contributed by atoms with Gasteiger partial charge in [0.25, 0.3) is 0 Å². The molecule has 0 spiro atoms. The van der Waals surface area contributed by atoms with Crippen molar-refractivity contribution in [1.82, 2.24) is 0 Å². The Labute approximate surface area is 73.9 Å². The van der Waals surface area contributed by atoms with E-state index in [1.54, 1.807) is 0 Å². The Morgan fingerprint density at radius 1 is 1.50 bits per heavy atom. The highest BCUT2D eigenvalue weighted by Crippen LogP contribution is 2.01. The van der Waals surface area contributed by atoms with Gasteiger partial charge in [-0.1, -0.05) is 18.2 Å². The normalized spacial score (nSPS) is 14.2. The first-order valence-corrected chi connectivity index (χ1v) is 4.19. The van der Waals surface area contributed by atoms with Crippen LogP contribution in [0.1, 0.15) is 20.3 Å². The molecule has 0 aromatic heterocycles. The van der Waals surface area contributed by atoms with Crippen molar-refractivity contribution >= 4 is 6.29 Å². The fourth-order valence-corrected chi connectivity index (χ4v) is 0.899. The van der Waals surface area contributed by atoms with E-state index in [9.17, 15) is 4.79 Å². The van der Waals surface area contributed by atoms with E-state index in [1.165, 1.54) is 6.08 Å². The lowest BCUT2D eigenvalue weighted by molar-refractivity contribution is -0.104. The van der Waals surface area contributed by atoms with Gasteiger partial charge in [-0.05, 0) is 26.3 Å². The van der Waals surface area contributed by atoms with Crippen molar-refractivity contribution in [3.05, 3.63) is 24.3 Å². The minimum absolute atomic E-state index is 0.108. The molecule has 0 amide bonds. The number of rotatable bonds is 6. The Morgan fingerprint density at radius 2 is 2.25 bits per heavy atom. The summed E-state index contributed by atoms with van der Waals surface area (Å²) in [4.78, 5) is 9.96. The van der Waals surface area contributed by atoms with Crippen molar-refractivity contribution in [3.8, 4) is 0 Å². The summed E-state index contributed by atoms with van der Waals surface area (Å²) in [7, 11) is 0. The number of aldehydes is 1. The third kappa shape index (κ3) is 5.86. The highest BCUT2D eigenvalue weighted by Gasteiger charge is 1.98. The standard InChI is InChI=1S/C10H16O2/c1-3-7-10(12-4-2)8-5-6-9-11/h3,5-7,9-10H,4,8H2,1-2H3/b6-5+,7-3+. The maximum atomic E-state index is 9.96. The van der Waals surface area contributed by atoms with Crippen LogP contribution in [0.4, 0.5) is 0 Å². The second-order valence-electron chi connectivity index (χ2n) is 2.32. The molecule has 0 saturated heterocycles. The van der Waals surface area contributed by atoms with Gasteiger partial charge in [-0.2, -0.15) is 0 Å². The molecule has 68 valence electrons. The molecule has 0 aromatic rings. The largest absolute Gasteiger partial charge is 0.374 e. The van der Waals surface area contributed by atoms with Crippen LogP contribution in [0.2, 0.25) is 0 Å². The van der Waals surface area contributed by atoms with E-state index < -0.39 is 0 Å². The second-order valence-corrected chi connectivity index (χ2v) is 2.32. The van der Waals surface area contributed by atoms with Gasteiger partial charge >= 0.3 is 0 Å². The van der Waals surface area contributed by atoms with Gasteiger partial charge in [-0.3, -0.25) is 4.79 Å². The predicted octanol–water partition coefficient (Wildman–Crippen LogP) is 2.11. The Hall–Kier alpha value is -0.890.